The molecule has 0 bridgehead atoms. The van der Waals surface area contributed by atoms with E-state index in [0.29, 0.717) is 24.7 Å². The smallest absolute Gasteiger partial charge is 0.249 e. The number of rotatable bonds is 5. The van der Waals surface area contributed by atoms with Crippen molar-refractivity contribution in [1.29, 1.82) is 0 Å². The van der Waals surface area contributed by atoms with E-state index in [0.717, 1.165) is 24.3 Å². The van der Waals surface area contributed by atoms with Crippen LogP contribution in [0.15, 0.2) is 41.3 Å². The summed E-state index contributed by atoms with van der Waals surface area (Å²) >= 11 is 0. The molecule has 1 aromatic heterocycles. The van der Waals surface area contributed by atoms with Gasteiger partial charge in [0.1, 0.15) is 11.9 Å². The van der Waals surface area contributed by atoms with Crippen LogP contribution in [0.4, 0.5) is 23.0 Å². The van der Waals surface area contributed by atoms with E-state index in [1.165, 1.54) is 18.4 Å². The lowest BCUT2D eigenvalue weighted by Gasteiger charge is -2.44. The third-order valence-corrected chi connectivity index (χ3v) is 7.85. The average Bonchev–Trinajstić information content (AvgIpc) is 2.78. The Bertz CT molecular complexity index is 1120. The molecule has 10 heteroatoms. The van der Waals surface area contributed by atoms with Gasteiger partial charge in [-0.05, 0) is 50.1 Å². The number of fused-ring (bicyclic) bond motifs is 1. The topological polar surface area (TPSA) is 95.1 Å². The minimum absolute atomic E-state index is 0.0353. The molecule has 2 aromatic rings. The van der Waals surface area contributed by atoms with Gasteiger partial charge in [-0.1, -0.05) is 6.07 Å². The highest BCUT2D eigenvalue weighted by Crippen LogP contribution is 2.38. The molecule has 0 spiro atoms. The first kappa shape index (κ1) is 22.5. The zero-order chi connectivity index (χ0) is 23.0. The summed E-state index contributed by atoms with van der Waals surface area (Å²) in [5.74, 6) is 1.36. The predicted octanol–water partition coefficient (Wildman–Crippen LogP) is 2.43. The van der Waals surface area contributed by atoms with E-state index in [9.17, 15) is 13.2 Å². The van der Waals surface area contributed by atoms with Crippen molar-refractivity contribution in [3.8, 4) is 0 Å². The number of sulfonamides is 1. The quantitative estimate of drug-likeness (QED) is 0.734. The number of aromatic nitrogens is 1. The highest BCUT2D eigenvalue weighted by molar-refractivity contribution is 7.89. The molecular formula is C22H29N5O4S. The number of nitrogens with zero attached hydrogens (tertiary/aromatic N) is 4. The summed E-state index contributed by atoms with van der Waals surface area (Å²) in [4.78, 5) is 21.7. The van der Waals surface area contributed by atoms with Crippen LogP contribution in [0.3, 0.4) is 0 Å². The molecule has 32 heavy (non-hydrogen) atoms. The van der Waals surface area contributed by atoms with Gasteiger partial charge in [0.25, 0.3) is 0 Å². The van der Waals surface area contributed by atoms with Crippen molar-refractivity contribution in [2.75, 3.05) is 49.5 Å². The van der Waals surface area contributed by atoms with Gasteiger partial charge >= 0.3 is 0 Å². The van der Waals surface area contributed by atoms with Crippen molar-refractivity contribution in [2.24, 2.45) is 0 Å². The minimum atomic E-state index is -3.54. The maximum Gasteiger partial charge on any atom is 0.249 e. The molecule has 3 heterocycles. The fourth-order valence-electron chi connectivity index (χ4n) is 4.21. The number of hydrogen-bond acceptors (Lipinski definition) is 7. The number of carbonyl (C=O) groups excluding carboxylic acids is 1. The van der Waals surface area contributed by atoms with Crippen LogP contribution in [-0.2, 0) is 19.6 Å². The highest BCUT2D eigenvalue weighted by Gasteiger charge is 2.39. The van der Waals surface area contributed by atoms with E-state index < -0.39 is 10.0 Å². The monoisotopic (exact) mass is 459 g/mol. The molecule has 1 fully saturated rings. The zero-order valence-electron chi connectivity index (χ0n) is 18.8. The van der Waals surface area contributed by atoms with Crippen LogP contribution in [-0.4, -0.2) is 70.1 Å². The molecule has 1 aromatic carbocycles. The number of anilines is 4. The van der Waals surface area contributed by atoms with Crippen LogP contribution in [0, 0.1) is 0 Å². The summed E-state index contributed by atoms with van der Waals surface area (Å²) in [6.45, 7) is 3.24. The van der Waals surface area contributed by atoms with Gasteiger partial charge in [0.05, 0.1) is 10.6 Å². The molecule has 0 aliphatic carbocycles. The Labute approximate surface area is 189 Å². The van der Waals surface area contributed by atoms with Gasteiger partial charge in [0.15, 0.2) is 5.82 Å². The van der Waals surface area contributed by atoms with Crippen LogP contribution in [0.5, 0.6) is 0 Å². The van der Waals surface area contributed by atoms with Crippen molar-refractivity contribution in [1.82, 2.24) is 9.29 Å². The predicted molar refractivity (Wildman–Crippen MR) is 124 cm³/mol. The minimum Gasteiger partial charge on any atom is -0.381 e. The number of nitrogens with one attached hydrogen (secondary N) is 1. The second-order valence-corrected chi connectivity index (χ2v) is 10.5. The van der Waals surface area contributed by atoms with Gasteiger partial charge in [0.2, 0.25) is 15.9 Å². The molecule has 0 saturated carbocycles. The van der Waals surface area contributed by atoms with Gasteiger partial charge in [-0.2, -0.15) is 0 Å². The number of ether oxygens (including phenoxy) is 1. The van der Waals surface area contributed by atoms with Crippen LogP contribution < -0.4 is 15.1 Å². The van der Waals surface area contributed by atoms with E-state index in [2.05, 4.69) is 10.2 Å². The number of pyridine rings is 1. The summed E-state index contributed by atoms with van der Waals surface area (Å²) in [6.07, 6.45) is 1.68. The fourth-order valence-corrected chi connectivity index (χ4v) is 5.16. The number of carbonyl (C=O) groups is 1. The van der Waals surface area contributed by atoms with Crippen molar-refractivity contribution in [3.05, 3.63) is 36.4 Å². The lowest BCUT2D eigenvalue weighted by Crippen LogP contribution is -2.56. The van der Waals surface area contributed by atoms with Crippen LogP contribution >= 0.6 is 0 Å². The van der Waals surface area contributed by atoms with E-state index in [4.69, 9.17) is 9.72 Å². The summed E-state index contributed by atoms with van der Waals surface area (Å²) < 4.78 is 31.7. The molecule has 1 amide bonds. The molecule has 0 radical (unpaired) electrons. The highest BCUT2D eigenvalue weighted by atomic mass is 32.2. The van der Waals surface area contributed by atoms with E-state index in [1.54, 1.807) is 42.3 Å². The first-order valence-corrected chi connectivity index (χ1v) is 12.1. The third kappa shape index (κ3) is 4.05. The summed E-state index contributed by atoms with van der Waals surface area (Å²) in [7, 11) is 1.23. The van der Waals surface area contributed by atoms with Gasteiger partial charge in [-0.3, -0.25) is 4.79 Å². The zero-order valence-corrected chi connectivity index (χ0v) is 19.6. The Morgan fingerprint density at radius 1 is 1.16 bits per heavy atom. The molecule has 1 saturated heterocycles. The van der Waals surface area contributed by atoms with Crippen LogP contribution in [0.1, 0.15) is 19.8 Å². The Hall–Kier alpha value is -2.69. The molecule has 4 rings (SSSR count). The number of benzene rings is 1. The van der Waals surface area contributed by atoms with E-state index in [-0.39, 0.29) is 22.9 Å². The standard InChI is InChI=1S/C22H29N5O4S/c1-15-22(28)26(4)19-8-9-20(24-21(19)27(15)17-10-12-31-13-11-17)23-16-6-5-7-18(14-16)32(29,30)25(2)3/h5-9,14-15,17H,10-13H2,1-4H3,(H,23,24)/t15-/m1/s1. The first-order valence-electron chi connectivity index (χ1n) is 10.6. The summed E-state index contributed by atoms with van der Waals surface area (Å²) in [5, 5.41) is 3.22. The maximum atomic E-state index is 12.9. The number of likely N-dealkylation sites (N-methyl/N-ethyl adjacent to an activating group) is 1. The van der Waals surface area contributed by atoms with E-state index in [1.807, 2.05) is 13.0 Å². The maximum absolute atomic E-state index is 12.9. The molecule has 1 atom stereocenters. The lowest BCUT2D eigenvalue weighted by molar-refractivity contribution is -0.119. The first-order chi connectivity index (χ1) is 15.2. The molecule has 0 unspecified atom stereocenters. The van der Waals surface area contributed by atoms with Gasteiger partial charge in [0, 0.05) is 46.1 Å². The average molecular weight is 460 g/mol. The second-order valence-electron chi connectivity index (χ2n) is 8.30. The normalized spacial score (nSPS) is 19.9. The molecule has 1 N–H and O–H groups in total. The molecule has 172 valence electrons. The number of amides is 1. The van der Waals surface area contributed by atoms with Crippen LogP contribution in [0.25, 0.3) is 0 Å². The number of hydrogen-bond donors (Lipinski definition) is 1. The van der Waals surface area contributed by atoms with Gasteiger partial charge < -0.3 is 19.9 Å². The second kappa shape index (κ2) is 8.68. The largest absolute Gasteiger partial charge is 0.381 e. The van der Waals surface area contributed by atoms with Crippen LogP contribution in [0.2, 0.25) is 0 Å². The fraction of sp³-hybridized carbons (Fsp3) is 0.455. The Morgan fingerprint density at radius 3 is 2.56 bits per heavy atom. The summed E-state index contributed by atoms with van der Waals surface area (Å²) in [5.41, 5.74) is 1.38. The Balaban J connectivity index is 1.69. The van der Waals surface area contributed by atoms with Crippen molar-refractivity contribution in [2.45, 2.75) is 36.7 Å². The van der Waals surface area contributed by atoms with E-state index >= 15 is 0 Å². The summed E-state index contributed by atoms with van der Waals surface area (Å²) in [6, 6.07) is 10.2. The molecule has 2 aliphatic heterocycles. The molecular weight excluding hydrogens is 430 g/mol. The van der Waals surface area contributed by atoms with Gasteiger partial charge in [-0.25, -0.2) is 17.7 Å². The van der Waals surface area contributed by atoms with Crippen molar-refractivity contribution >= 4 is 38.9 Å². The SMILES string of the molecule is C[C@@H]1C(=O)N(C)c2ccc(Nc3cccc(S(=O)(=O)N(C)C)c3)nc2N1C1CCOCC1. The lowest BCUT2D eigenvalue weighted by atomic mass is 10.0. The van der Waals surface area contributed by atoms with Gasteiger partial charge in [-0.15, -0.1) is 0 Å². The third-order valence-electron chi connectivity index (χ3n) is 6.03. The molecule has 2 aliphatic rings. The molecule has 9 nitrogen and oxygen atoms in total. The van der Waals surface area contributed by atoms with Crippen molar-refractivity contribution < 1.29 is 17.9 Å². The van der Waals surface area contributed by atoms with Crippen molar-refractivity contribution in [3.63, 3.8) is 0 Å². The Kier molecular flexibility index (Phi) is 6.11. The Morgan fingerprint density at radius 2 is 1.88 bits per heavy atom.